The second-order valence-corrected chi connectivity index (χ2v) is 2.21. The fraction of sp³-hybridized carbons (Fsp3) is 0.222. The Bertz CT molecular complexity index is 234. The van der Waals surface area contributed by atoms with Crippen molar-refractivity contribution in [2.24, 2.45) is 0 Å². The molecule has 11 heavy (non-hydrogen) atoms. The van der Waals surface area contributed by atoms with E-state index in [0.29, 0.717) is 5.57 Å². The Labute approximate surface area is 65.9 Å². The molecule has 0 fully saturated rings. The van der Waals surface area contributed by atoms with Crippen molar-refractivity contribution < 1.29 is 9.53 Å². The van der Waals surface area contributed by atoms with Crippen molar-refractivity contribution in [3.8, 4) is 0 Å². The van der Waals surface area contributed by atoms with Crippen LogP contribution in [-0.4, -0.2) is 13.4 Å². The molecule has 0 bridgehead atoms. The minimum absolute atomic E-state index is 0.649. The predicted molar refractivity (Wildman–Crippen MR) is 43.0 cm³/mol. The Morgan fingerprint density at radius 2 is 2.45 bits per heavy atom. The zero-order chi connectivity index (χ0) is 8.10. The number of ether oxygens (including phenoxy) is 1. The average Bonchev–Trinajstić information content (AvgIpc) is 2.28. The van der Waals surface area contributed by atoms with E-state index in [2.05, 4.69) is 0 Å². The molecule has 2 heteroatoms. The molecule has 1 aliphatic rings. The van der Waals surface area contributed by atoms with E-state index in [4.69, 9.17) is 4.74 Å². The quantitative estimate of drug-likeness (QED) is 0.559. The van der Waals surface area contributed by atoms with Crippen molar-refractivity contribution in [3.05, 3.63) is 35.6 Å². The van der Waals surface area contributed by atoms with Crippen molar-refractivity contribution in [2.75, 3.05) is 7.11 Å². The molecule has 0 spiro atoms. The van der Waals surface area contributed by atoms with Crippen LogP contribution in [0.1, 0.15) is 6.42 Å². The van der Waals surface area contributed by atoms with Gasteiger partial charge in [0, 0.05) is 5.57 Å². The average molecular weight is 150 g/mol. The molecule has 0 N–H and O–H groups in total. The van der Waals surface area contributed by atoms with E-state index < -0.39 is 0 Å². The van der Waals surface area contributed by atoms with Crippen molar-refractivity contribution in [1.82, 2.24) is 0 Å². The monoisotopic (exact) mass is 150 g/mol. The number of carbonyl (C=O) groups is 1. The molecule has 0 aromatic rings. The molecule has 0 amide bonds. The van der Waals surface area contributed by atoms with Gasteiger partial charge in [0.05, 0.1) is 7.11 Å². The standard InChI is InChI=1S/C9H10O2/c1-11-9-5-3-2-4-8(6-9)7-10/h2,4-7H,3H2,1H3. The Balaban J connectivity index is 2.85. The van der Waals surface area contributed by atoms with Gasteiger partial charge in [-0.15, -0.1) is 0 Å². The second kappa shape index (κ2) is 3.76. The van der Waals surface area contributed by atoms with Crippen LogP contribution in [-0.2, 0) is 9.53 Å². The minimum atomic E-state index is 0.649. The normalized spacial score (nSPS) is 16.5. The number of aldehydes is 1. The molecule has 0 aromatic carbocycles. The molecule has 0 saturated carbocycles. The molecule has 0 unspecified atom stereocenters. The van der Waals surface area contributed by atoms with Gasteiger partial charge in [-0.2, -0.15) is 0 Å². The highest BCUT2D eigenvalue weighted by molar-refractivity contribution is 5.78. The SMILES string of the molecule is COC1=CCC=CC(C=O)=C1. The van der Waals surface area contributed by atoms with Crippen LogP contribution in [0.15, 0.2) is 35.6 Å². The van der Waals surface area contributed by atoms with Crippen LogP contribution in [0, 0.1) is 0 Å². The fourth-order valence-electron chi connectivity index (χ4n) is 0.875. The molecular formula is C9H10O2. The van der Waals surface area contributed by atoms with Gasteiger partial charge in [0.25, 0.3) is 0 Å². The maximum Gasteiger partial charge on any atom is 0.150 e. The molecular weight excluding hydrogens is 140 g/mol. The fourth-order valence-corrected chi connectivity index (χ4v) is 0.875. The molecule has 0 saturated heterocycles. The lowest BCUT2D eigenvalue weighted by Gasteiger charge is -1.97. The number of allylic oxidation sites excluding steroid dienone is 5. The van der Waals surface area contributed by atoms with Crippen LogP contribution in [0.25, 0.3) is 0 Å². The summed E-state index contributed by atoms with van der Waals surface area (Å²) in [5.74, 6) is 0.747. The lowest BCUT2D eigenvalue weighted by atomic mass is 10.2. The van der Waals surface area contributed by atoms with Crippen molar-refractivity contribution in [3.63, 3.8) is 0 Å². The minimum Gasteiger partial charge on any atom is -0.497 e. The third-order valence-electron chi connectivity index (χ3n) is 1.45. The summed E-state index contributed by atoms with van der Waals surface area (Å²) in [5, 5.41) is 0. The summed E-state index contributed by atoms with van der Waals surface area (Å²) < 4.78 is 4.99. The Kier molecular flexibility index (Phi) is 2.66. The molecule has 1 aliphatic carbocycles. The van der Waals surface area contributed by atoms with Gasteiger partial charge < -0.3 is 4.74 Å². The highest BCUT2D eigenvalue weighted by Gasteiger charge is 1.96. The van der Waals surface area contributed by atoms with E-state index in [1.807, 2.05) is 12.2 Å². The van der Waals surface area contributed by atoms with Crippen LogP contribution in [0.4, 0.5) is 0 Å². The number of carbonyl (C=O) groups excluding carboxylic acids is 1. The van der Waals surface area contributed by atoms with Gasteiger partial charge in [-0.1, -0.05) is 12.2 Å². The smallest absolute Gasteiger partial charge is 0.150 e. The Morgan fingerprint density at radius 1 is 1.64 bits per heavy atom. The van der Waals surface area contributed by atoms with Gasteiger partial charge in [-0.05, 0) is 18.6 Å². The van der Waals surface area contributed by atoms with Crippen LogP contribution in [0.5, 0.6) is 0 Å². The summed E-state index contributed by atoms with van der Waals surface area (Å²) in [5.41, 5.74) is 0.649. The molecule has 0 atom stereocenters. The lowest BCUT2D eigenvalue weighted by Crippen LogP contribution is -1.83. The van der Waals surface area contributed by atoms with Crippen LogP contribution < -0.4 is 0 Å². The highest BCUT2D eigenvalue weighted by Crippen LogP contribution is 2.09. The summed E-state index contributed by atoms with van der Waals surface area (Å²) in [6.07, 6.45) is 8.98. The number of hydrogen-bond acceptors (Lipinski definition) is 2. The second-order valence-electron chi connectivity index (χ2n) is 2.21. The molecule has 1 rings (SSSR count). The van der Waals surface area contributed by atoms with Gasteiger partial charge in [0.15, 0.2) is 0 Å². The predicted octanol–water partition coefficient (Wildman–Crippen LogP) is 1.60. The first-order valence-corrected chi connectivity index (χ1v) is 3.44. The zero-order valence-corrected chi connectivity index (χ0v) is 6.41. The van der Waals surface area contributed by atoms with Crippen molar-refractivity contribution >= 4 is 6.29 Å². The molecule has 58 valence electrons. The van der Waals surface area contributed by atoms with E-state index in [1.165, 1.54) is 0 Å². The molecule has 0 radical (unpaired) electrons. The van der Waals surface area contributed by atoms with Gasteiger partial charge in [-0.3, -0.25) is 4.79 Å². The van der Waals surface area contributed by atoms with E-state index in [0.717, 1.165) is 18.5 Å². The summed E-state index contributed by atoms with van der Waals surface area (Å²) >= 11 is 0. The van der Waals surface area contributed by atoms with Crippen LogP contribution in [0.2, 0.25) is 0 Å². The van der Waals surface area contributed by atoms with Gasteiger partial charge in [0.2, 0.25) is 0 Å². The molecule has 0 aromatic heterocycles. The maximum absolute atomic E-state index is 10.4. The maximum atomic E-state index is 10.4. The summed E-state index contributed by atoms with van der Waals surface area (Å²) in [6.45, 7) is 0. The molecule has 0 aliphatic heterocycles. The van der Waals surface area contributed by atoms with E-state index in [9.17, 15) is 4.79 Å². The Morgan fingerprint density at radius 3 is 3.09 bits per heavy atom. The van der Waals surface area contributed by atoms with Crippen LogP contribution >= 0.6 is 0 Å². The van der Waals surface area contributed by atoms with E-state index >= 15 is 0 Å². The lowest BCUT2D eigenvalue weighted by molar-refractivity contribution is -0.104. The van der Waals surface area contributed by atoms with Crippen molar-refractivity contribution in [1.29, 1.82) is 0 Å². The number of rotatable bonds is 2. The van der Waals surface area contributed by atoms with Crippen LogP contribution in [0.3, 0.4) is 0 Å². The first kappa shape index (κ1) is 7.79. The summed E-state index contributed by atoms with van der Waals surface area (Å²) in [7, 11) is 1.59. The summed E-state index contributed by atoms with van der Waals surface area (Å²) in [4.78, 5) is 10.4. The zero-order valence-electron chi connectivity index (χ0n) is 6.41. The largest absolute Gasteiger partial charge is 0.497 e. The first-order valence-electron chi connectivity index (χ1n) is 3.44. The molecule has 2 nitrogen and oxygen atoms in total. The van der Waals surface area contributed by atoms with E-state index in [1.54, 1.807) is 19.3 Å². The topological polar surface area (TPSA) is 26.3 Å². The van der Waals surface area contributed by atoms with Gasteiger partial charge in [0.1, 0.15) is 12.0 Å². The Hall–Kier alpha value is -1.31. The molecule has 0 heterocycles. The number of methoxy groups -OCH3 is 1. The van der Waals surface area contributed by atoms with Crippen molar-refractivity contribution in [2.45, 2.75) is 6.42 Å². The first-order chi connectivity index (χ1) is 5.36. The van der Waals surface area contributed by atoms with Gasteiger partial charge in [-0.25, -0.2) is 0 Å². The third kappa shape index (κ3) is 2.08. The highest BCUT2D eigenvalue weighted by atomic mass is 16.5. The van der Waals surface area contributed by atoms with E-state index in [-0.39, 0.29) is 0 Å². The summed E-state index contributed by atoms with van der Waals surface area (Å²) in [6, 6.07) is 0. The van der Waals surface area contributed by atoms with Gasteiger partial charge >= 0.3 is 0 Å². The number of hydrogen-bond donors (Lipinski definition) is 0. The third-order valence-corrected chi connectivity index (χ3v) is 1.45.